The highest BCUT2D eigenvalue weighted by molar-refractivity contribution is 5.93. The maximum atomic E-state index is 14.6. The van der Waals surface area contributed by atoms with Crippen LogP contribution in [0.5, 0.6) is 0 Å². The molecule has 9 heteroatoms. The molecule has 0 radical (unpaired) electrons. The minimum absolute atomic E-state index is 0.00461. The minimum atomic E-state index is -0.752. The van der Waals surface area contributed by atoms with Crippen molar-refractivity contribution in [3.05, 3.63) is 46.3 Å². The average Bonchev–Trinajstić information content (AvgIpc) is 2.63. The number of hydrogen-bond donors (Lipinski definition) is 1. The lowest BCUT2D eigenvalue weighted by atomic mass is 10.1. The fourth-order valence-electron chi connectivity index (χ4n) is 2.54. The van der Waals surface area contributed by atoms with Gasteiger partial charge in [-0.2, -0.15) is 0 Å². The molecule has 3 heterocycles. The molecule has 0 aliphatic heterocycles. The van der Waals surface area contributed by atoms with Crippen LogP contribution >= 0.6 is 0 Å². The van der Waals surface area contributed by atoms with Crippen molar-refractivity contribution in [1.82, 2.24) is 19.5 Å². The number of rotatable bonds is 4. The molecule has 134 valence electrons. The normalized spacial score (nSPS) is 10.9. The highest BCUT2D eigenvalue weighted by Crippen LogP contribution is 2.23. The molecule has 0 bridgehead atoms. The Bertz CT molecular complexity index is 1050. The predicted molar refractivity (Wildman–Crippen MR) is 93.0 cm³/mol. The Balaban J connectivity index is 2.27. The molecule has 0 amide bonds. The molecule has 0 aliphatic rings. The van der Waals surface area contributed by atoms with Crippen LogP contribution < -0.4 is 11.2 Å². The lowest BCUT2D eigenvalue weighted by Gasteiger charge is -2.12. The van der Waals surface area contributed by atoms with Gasteiger partial charge in [-0.1, -0.05) is 0 Å². The molecular formula is C17H16FN5O3. The summed E-state index contributed by atoms with van der Waals surface area (Å²) in [6, 6.07) is 1.06. The Labute approximate surface area is 147 Å². The van der Waals surface area contributed by atoms with E-state index in [0.29, 0.717) is 12.1 Å². The Kier molecular flexibility index (Phi) is 4.61. The van der Waals surface area contributed by atoms with Gasteiger partial charge in [-0.15, -0.1) is 0 Å². The first-order chi connectivity index (χ1) is 12.5. The van der Waals surface area contributed by atoms with Crippen LogP contribution in [0.15, 0.2) is 29.5 Å². The fourth-order valence-corrected chi connectivity index (χ4v) is 2.54. The van der Waals surface area contributed by atoms with E-state index in [0.717, 1.165) is 6.07 Å². The van der Waals surface area contributed by atoms with Gasteiger partial charge in [0.05, 0.1) is 12.0 Å². The second kappa shape index (κ2) is 6.87. The summed E-state index contributed by atoms with van der Waals surface area (Å²) in [5.74, 6) is -1.43. The molecule has 0 spiro atoms. The lowest BCUT2D eigenvalue weighted by molar-refractivity contribution is 0.0524. The standard InChI is InChI=1S/C17H16FN5O3/c1-3-23-8-11(16(25)26-4-2)14(24)10-5-12(18)13(22-15(10)23)9-6-20-17(19)21-7-9/h5-8H,3-4H2,1-2H3,(H2,19,20,21). The second-order valence-corrected chi connectivity index (χ2v) is 5.40. The first kappa shape index (κ1) is 17.5. The van der Waals surface area contributed by atoms with Gasteiger partial charge in [0.2, 0.25) is 11.4 Å². The molecule has 3 aromatic heterocycles. The smallest absolute Gasteiger partial charge is 0.343 e. The molecule has 0 saturated carbocycles. The van der Waals surface area contributed by atoms with Crippen molar-refractivity contribution in [1.29, 1.82) is 0 Å². The number of carbonyl (C=O) groups is 1. The van der Waals surface area contributed by atoms with Crippen molar-refractivity contribution in [3.8, 4) is 11.3 Å². The number of nitrogens with zero attached hydrogens (tertiary/aromatic N) is 4. The zero-order valence-electron chi connectivity index (χ0n) is 14.2. The minimum Gasteiger partial charge on any atom is -0.462 e. The Morgan fingerprint density at radius 2 is 2.00 bits per heavy atom. The number of carbonyl (C=O) groups excluding carboxylic acids is 1. The maximum Gasteiger partial charge on any atom is 0.343 e. The molecule has 0 atom stereocenters. The van der Waals surface area contributed by atoms with Gasteiger partial charge in [0, 0.05) is 30.7 Å². The molecule has 0 aromatic carbocycles. The zero-order valence-corrected chi connectivity index (χ0v) is 14.2. The van der Waals surface area contributed by atoms with Crippen LogP contribution in [-0.2, 0) is 11.3 Å². The molecule has 8 nitrogen and oxygen atoms in total. The van der Waals surface area contributed by atoms with Gasteiger partial charge in [-0.05, 0) is 19.9 Å². The van der Waals surface area contributed by atoms with E-state index >= 15 is 0 Å². The van der Waals surface area contributed by atoms with Crippen LogP contribution in [0.25, 0.3) is 22.3 Å². The first-order valence-electron chi connectivity index (χ1n) is 7.95. The first-order valence-corrected chi connectivity index (χ1v) is 7.95. The van der Waals surface area contributed by atoms with Gasteiger partial charge in [0.15, 0.2) is 0 Å². The van der Waals surface area contributed by atoms with Crippen molar-refractivity contribution in [2.45, 2.75) is 20.4 Å². The van der Waals surface area contributed by atoms with Gasteiger partial charge in [-0.3, -0.25) is 4.79 Å². The number of aromatic nitrogens is 4. The molecule has 26 heavy (non-hydrogen) atoms. The van der Waals surface area contributed by atoms with E-state index in [9.17, 15) is 14.0 Å². The van der Waals surface area contributed by atoms with Gasteiger partial charge >= 0.3 is 5.97 Å². The number of halogens is 1. The van der Waals surface area contributed by atoms with E-state index in [1.807, 2.05) is 6.92 Å². The van der Waals surface area contributed by atoms with Crippen molar-refractivity contribution in [2.24, 2.45) is 0 Å². The van der Waals surface area contributed by atoms with E-state index < -0.39 is 17.2 Å². The predicted octanol–water partition coefficient (Wildman–Crippen LogP) is 1.77. The Morgan fingerprint density at radius 1 is 1.31 bits per heavy atom. The van der Waals surface area contributed by atoms with Crippen molar-refractivity contribution in [2.75, 3.05) is 12.3 Å². The van der Waals surface area contributed by atoms with Crippen LogP contribution in [0.2, 0.25) is 0 Å². The van der Waals surface area contributed by atoms with Crippen molar-refractivity contribution < 1.29 is 13.9 Å². The van der Waals surface area contributed by atoms with Gasteiger partial charge in [-0.25, -0.2) is 24.1 Å². The van der Waals surface area contributed by atoms with E-state index in [-0.39, 0.29) is 34.8 Å². The molecule has 3 aromatic rings. The number of ether oxygens (including phenoxy) is 1. The van der Waals surface area contributed by atoms with Crippen LogP contribution in [0.4, 0.5) is 10.3 Å². The topological polar surface area (TPSA) is 113 Å². The summed E-state index contributed by atoms with van der Waals surface area (Å²) >= 11 is 0. The van der Waals surface area contributed by atoms with Crippen molar-refractivity contribution in [3.63, 3.8) is 0 Å². The van der Waals surface area contributed by atoms with Gasteiger partial charge in [0.1, 0.15) is 22.7 Å². The maximum absolute atomic E-state index is 14.6. The molecule has 2 N–H and O–H groups in total. The highest BCUT2D eigenvalue weighted by Gasteiger charge is 2.19. The number of nitrogens with two attached hydrogens (primary N) is 1. The van der Waals surface area contributed by atoms with E-state index in [1.54, 1.807) is 11.5 Å². The van der Waals surface area contributed by atoms with Crippen LogP contribution in [0.3, 0.4) is 0 Å². The number of aryl methyl sites for hydroxylation is 1. The molecule has 0 fully saturated rings. The second-order valence-electron chi connectivity index (χ2n) is 5.40. The summed E-state index contributed by atoms with van der Waals surface area (Å²) in [7, 11) is 0. The zero-order chi connectivity index (χ0) is 18.8. The van der Waals surface area contributed by atoms with Gasteiger partial charge < -0.3 is 15.0 Å². The third kappa shape index (κ3) is 2.99. The summed E-state index contributed by atoms with van der Waals surface area (Å²) in [5, 5.41) is -0.00461. The van der Waals surface area contributed by atoms with E-state index in [2.05, 4.69) is 15.0 Å². The molecule has 0 saturated heterocycles. The highest BCUT2D eigenvalue weighted by atomic mass is 19.1. The third-order valence-corrected chi connectivity index (χ3v) is 3.78. The lowest BCUT2D eigenvalue weighted by Crippen LogP contribution is -2.21. The number of pyridine rings is 2. The summed E-state index contributed by atoms with van der Waals surface area (Å²) in [5.41, 5.74) is 5.21. The number of hydrogen-bond acceptors (Lipinski definition) is 7. The Hall–Kier alpha value is -3.36. The number of esters is 1. The largest absolute Gasteiger partial charge is 0.462 e. The van der Waals surface area contributed by atoms with Crippen LogP contribution in [0, 0.1) is 5.82 Å². The third-order valence-electron chi connectivity index (χ3n) is 3.78. The SMILES string of the molecule is CCOC(=O)c1cn(CC)c2nc(-c3cnc(N)nc3)c(F)cc2c1=O. The number of anilines is 1. The molecular weight excluding hydrogens is 341 g/mol. The van der Waals surface area contributed by atoms with E-state index in [4.69, 9.17) is 10.5 Å². The number of fused-ring (bicyclic) bond motifs is 1. The summed E-state index contributed by atoms with van der Waals surface area (Å²) < 4.78 is 21.1. The number of nitrogen functional groups attached to an aromatic ring is 1. The molecule has 3 rings (SSSR count). The summed E-state index contributed by atoms with van der Waals surface area (Å²) in [4.78, 5) is 36.5. The van der Waals surface area contributed by atoms with Gasteiger partial charge in [0.25, 0.3) is 0 Å². The van der Waals surface area contributed by atoms with E-state index in [1.165, 1.54) is 18.6 Å². The molecule has 0 unspecified atom stereocenters. The Morgan fingerprint density at radius 3 is 2.62 bits per heavy atom. The average molecular weight is 357 g/mol. The van der Waals surface area contributed by atoms with Crippen molar-refractivity contribution >= 4 is 23.0 Å². The monoisotopic (exact) mass is 357 g/mol. The quantitative estimate of drug-likeness (QED) is 0.708. The van der Waals surface area contributed by atoms with Crippen LogP contribution in [-0.4, -0.2) is 32.1 Å². The van der Waals surface area contributed by atoms with Crippen LogP contribution in [0.1, 0.15) is 24.2 Å². The molecule has 0 aliphatic carbocycles. The summed E-state index contributed by atoms with van der Waals surface area (Å²) in [6.45, 7) is 4.00. The summed E-state index contributed by atoms with van der Waals surface area (Å²) in [6.07, 6.45) is 4.07. The fraction of sp³-hybridized carbons (Fsp3) is 0.235.